The van der Waals surface area contributed by atoms with Crippen molar-refractivity contribution in [1.82, 2.24) is 0 Å². The molecule has 9 nitrogen and oxygen atoms in total. The van der Waals surface area contributed by atoms with Gasteiger partial charge in [0, 0.05) is 23.3 Å². The van der Waals surface area contributed by atoms with Crippen molar-refractivity contribution in [2.75, 3.05) is 6.79 Å². The van der Waals surface area contributed by atoms with Crippen LogP contribution in [-0.4, -0.2) is 30.9 Å². The van der Waals surface area contributed by atoms with E-state index in [0.717, 1.165) is 11.1 Å². The van der Waals surface area contributed by atoms with Gasteiger partial charge >= 0.3 is 5.97 Å². The Balaban J connectivity index is 1.65. The number of aryl methyl sites for hydroxylation is 2. The molecule has 0 amide bonds. The van der Waals surface area contributed by atoms with Crippen molar-refractivity contribution in [2.24, 2.45) is 0 Å². The van der Waals surface area contributed by atoms with E-state index in [2.05, 4.69) is 0 Å². The van der Waals surface area contributed by atoms with Gasteiger partial charge in [0.05, 0.1) is 16.4 Å². The summed E-state index contributed by atoms with van der Waals surface area (Å²) in [6.45, 7) is 3.47. The van der Waals surface area contributed by atoms with Crippen LogP contribution in [0.3, 0.4) is 0 Å². The predicted octanol–water partition coefficient (Wildman–Crippen LogP) is 3.91. The van der Waals surface area contributed by atoms with Crippen molar-refractivity contribution in [1.29, 1.82) is 0 Å². The molecule has 0 unspecified atom stereocenters. The van der Waals surface area contributed by atoms with Crippen LogP contribution < -0.4 is 4.74 Å². The molecule has 0 radical (unpaired) electrons. The van der Waals surface area contributed by atoms with Crippen LogP contribution in [0.5, 0.6) is 5.75 Å². The summed E-state index contributed by atoms with van der Waals surface area (Å²) in [5.41, 5.74) is 2.36. The highest BCUT2D eigenvalue weighted by atomic mass is 32.2. The Morgan fingerprint density at radius 2 is 1.88 bits per heavy atom. The number of carbonyl (C=O) groups is 1. The molecule has 2 aromatic carbocycles. The van der Waals surface area contributed by atoms with Gasteiger partial charge in [-0.25, -0.2) is 8.42 Å². The maximum Gasteiger partial charge on any atom is 0.328 e. The van der Waals surface area contributed by atoms with Crippen molar-refractivity contribution in [2.45, 2.75) is 62.4 Å². The molecule has 2 aliphatic rings. The average molecular weight is 476 g/mol. The molecule has 0 saturated heterocycles. The quantitative estimate of drug-likeness (QED) is 0.350. The van der Waals surface area contributed by atoms with Crippen molar-refractivity contribution in [3.63, 3.8) is 0 Å². The van der Waals surface area contributed by atoms with Gasteiger partial charge in [-0.2, -0.15) is 0 Å². The van der Waals surface area contributed by atoms with Gasteiger partial charge in [-0.3, -0.25) is 14.9 Å². The highest BCUT2D eigenvalue weighted by Crippen LogP contribution is 2.42. The molecule has 10 heteroatoms. The van der Waals surface area contributed by atoms with Crippen LogP contribution in [0, 0.1) is 24.0 Å². The molecule has 33 heavy (non-hydrogen) atoms. The number of benzene rings is 2. The number of sulfone groups is 1. The van der Waals surface area contributed by atoms with Crippen molar-refractivity contribution in [3.8, 4) is 5.75 Å². The lowest BCUT2D eigenvalue weighted by atomic mass is 10.1. The number of non-ortho nitro benzene ring substituents is 1. The first-order valence-corrected chi connectivity index (χ1v) is 12.1. The lowest BCUT2D eigenvalue weighted by Gasteiger charge is -2.27. The normalized spacial score (nSPS) is 17.2. The van der Waals surface area contributed by atoms with Gasteiger partial charge in [-0.05, 0) is 49.9 Å². The van der Waals surface area contributed by atoms with Crippen molar-refractivity contribution >= 4 is 21.5 Å². The summed E-state index contributed by atoms with van der Waals surface area (Å²) >= 11 is 0. The molecule has 176 valence electrons. The molecule has 0 bridgehead atoms. The number of fused-ring (bicyclic) bond motifs is 1. The zero-order valence-corrected chi connectivity index (χ0v) is 19.3. The average Bonchev–Trinajstić information content (AvgIpc) is 3.30. The zero-order chi connectivity index (χ0) is 23.8. The number of carbonyl (C=O) groups excluding carboxylic acids is 1. The number of ether oxygens (including phenoxy) is 3. The second-order valence-corrected chi connectivity index (χ2v) is 10.7. The maximum absolute atomic E-state index is 13.6. The molecule has 1 fully saturated rings. The standard InChI is InChI=1S/C23H25NO8S/c1-15-5-6-20(9-16(15)2)33(28,29)23(7-3-4-8-23)22(25)31-13-18-11-19(24(26)27)10-17-12-30-14-32-21(17)18/h5-6,9-11H,3-4,7-8,12-14H2,1-2H3. The SMILES string of the molecule is Cc1ccc(S(=O)(=O)C2(C(=O)OCc3cc([N+](=O)[O-])cc4c3OCOC4)CCCC2)cc1C. The van der Waals surface area contributed by atoms with E-state index in [1.165, 1.54) is 18.2 Å². The van der Waals surface area contributed by atoms with E-state index >= 15 is 0 Å². The Labute approximate surface area is 191 Å². The summed E-state index contributed by atoms with van der Waals surface area (Å²) < 4.78 is 41.7. The molecular formula is C23H25NO8S. The minimum absolute atomic E-state index is 0.0309. The Kier molecular flexibility index (Phi) is 6.15. The maximum atomic E-state index is 13.6. The molecule has 0 atom stereocenters. The Morgan fingerprint density at radius 1 is 1.15 bits per heavy atom. The van der Waals surface area contributed by atoms with Crippen LogP contribution in [-0.2, 0) is 37.3 Å². The summed E-state index contributed by atoms with van der Waals surface area (Å²) in [5.74, 6) is -0.484. The Hall–Kier alpha value is -2.98. The fourth-order valence-corrected chi connectivity index (χ4v) is 6.54. The molecule has 4 rings (SSSR count). The van der Waals surface area contributed by atoms with Gasteiger partial charge in [0.2, 0.25) is 0 Å². The Bertz CT molecular complexity index is 1220. The third kappa shape index (κ3) is 4.08. The third-order valence-electron chi connectivity index (χ3n) is 6.43. The number of hydrogen-bond donors (Lipinski definition) is 0. The van der Waals surface area contributed by atoms with Crippen LogP contribution in [0.15, 0.2) is 35.2 Å². The van der Waals surface area contributed by atoms with Crippen molar-refractivity contribution in [3.05, 3.63) is 62.7 Å². The van der Waals surface area contributed by atoms with Gasteiger partial charge in [0.1, 0.15) is 12.4 Å². The molecule has 2 aromatic rings. The molecule has 0 spiro atoms. The summed E-state index contributed by atoms with van der Waals surface area (Å²) in [6.07, 6.45) is 1.51. The van der Waals surface area contributed by atoms with Gasteiger partial charge in [-0.15, -0.1) is 0 Å². The second kappa shape index (κ2) is 8.75. The van der Waals surface area contributed by atoms with E-state index in [1.54, 1.807) is 12.1 Å². The van der Waals surface area contributed by atoms with E-state index < -0.39 is 25.5 Å². The van der Waals surface area contributed by atoms with Gasteiger partial charge in [-0.1, -0.05) is 18.9 Å². The van der Waals surface area contributed by atoms with Crippen LogP contribution in [0.25, 0.3) is 0 Å². The fourth-order valence-electron chi connectivity index (χ4n) is 4.40. The highest BCUT2D eigenvalue weighted by Gasteiger charge is 2.54. The molecule has 1 aliphatic heterocycles. The molecule has 0 aromatic heterocycles. The summed E-state index contributed by atoms with van der Waals surface area (Å²) in [5, 5.41) is 11.3. The predicted molar refractivity (Wildman–Crippen MR) is 117 cm³/mol. The lowest BCUT2D eigenvalue weighted by molar-refractivity contribution is -0.385. The first-order valence-electron chi connectivity index (χ1n) is 10.7. The topological polar surface area (TPSA) is 122 Å². The number of hydrogen-bond acceptors (Lipinski definition) is 8. The van der Waals surface area contributed by atoms with E-state index in [4.69, 9.17) is 14.2 Å². The minimum Gasteiger partial charge on any atom is -0.467 e. The Morgan fingerprint density at radius 3 is 2.55 bits per heavy atom. The van der Waals surface area contributed by atoms with Crippen LogP contribution in [0.2, 0.25) is 0 Å². The fraction of sp³-hybridized carbons (Fsp3) is 0.435. The number of esters is 1. The first-order chi connectivity index (χ1) is 15.7. The van der Waals surface area contributed by atoms with E-state index in [0.29, 0.717) is 29.7 Å². The summed E-state index contributed by atoms with van der Waals surface area (Å²) in [6, 6.07) is 7.46. The number of nitro benzene ring substituents is 1. The zero-order valence-electron chi connectivity index (χ0n) is 18.5. The summed E-state index contributed by atoms with van der Waals surface area (Å²) in [7, 11) is -4.02. The molecule has 1 saturated carbocycles. The van der Waals surface area contributed by atoms with Gasteiger partial charge < -0.3 is 14.2 Å². The number of nitro groups is 1. The molecule has 1 aliphatic carbocycles. The van der Waals surface area contributed by atoms with Crippen molar-refractivity contribution < 1.29 is 32.3 Å². The van der Waals surface area contributed by atoms with Gasteiger partial charge in [0.15, 0.2) is 21.4 Å². The van der Waals surface area contributed by atoms with Crippen LogP contribution in [0.4, 0.5) is 5.69 Å². The molecule has 1 heterocycles. The summed E-state index contributed by atoms with van der Waals surface area (Å²) in [4.78, 5) is 24.2. The van der Waals surface area contributed by atoms with E-state index in [1.807, 2.05) is 13.8 Å². The molecular weight excluding hydrogens is 450 g/mol. The minimum atomic E-state index is -4.02. The second-order valence-electron chi connectivity index (χ2n) is 8.49. The van der Waals surface area contributed by atoms with Crippen LogP contribution >= 0.6 is 0 Å². The lowest BCUT2D eigenvalue weighted by Crippen LogP contribution is -2.45. The van der Waals surface area contributed by atoms with E-state index in [9.17, 15) is 23.3 Å². The smallest absolute Gasteiger partial charge is 0.328 e. The third-order valence-corrected chi connectivity index (χ3v) is 8.91. The first kappa shape index (κ1) is 23.2. The van der Waals surface area contributed by atoms with E-state index in [-0.39, 0.29) is 43.4 Å². The van der Waals surface area contributed by atoms with Gasteiger partial charge in [0.25, 0.3) is 5.69 Å². The highest BCUT2D eigenvalue weighted by molar-refractivity contribution is 7.93. The molecule has 0 N–H and O–H groups in total. The van der Waals surface area contributed by atoms with Crippen LogP contribution in [0.1, 0.15) is 47.9 Å². The number of rotatable bonds is 6. The monoisotopic (exact) mass is 475 g/mol. The largest absolute Gasteiger partial charge is 0.467 e. The number of nitrogens with zero attached hydrogens (tertiary/aromatic N) is 1.